The van der Waals surface area contributed by atoms with Crippen LogP contribution in [0.4, 0.5) is 5.69 Å². The molecule has 0 saturated carbocycles. The predicted molar refractivity (Wildman–Crippen MR) is 103 cm³/mol. The van der Waals surface area contributed by atoms with Crippen molar-refractivity contribution in [1.29, 1.82) is 0 Å². The number of hydrogen-bond acceptors (Lipinski definition) is 5. The van der Waals surface area contributed by atoms with E-state index >= 15 is 0 Å². The molecule has 144 valence electrons. The molecule has 1 aliphatic heterocycles. The van der Waals surface area contributed by atoms with Gasteiger partial charge < -0.3 is 4.18 Å². The van der Waals surface area contributed by atoms with E-state index in [-0.39, 0.29) is 34.3 Å². The van der Waals surface area contributed by atoms with Gasteiger partial charge in [0.2, 0.25) is 11.8 Å². The molecule has 2 amide bonds. The van der Waals surface area contributed by atoms with Gasteiger partial charge >= 0.3 is 10.1 Å². The van der Waals surface area contributed by atoms with Crippen LogP contribution in [0.15, 0.2) is 65.6 Å². The van der Waals surface area contributed by atoms with Crippen LogP contribution in [-0.2, 0) is 19.7 Å². The van der Waals surface area contributed by atoms with Gasteiger partial charge in [0.25, 0.3) is 0 Å². The van der Waals surface area contributed by atoms with Crippen LogP contribution < -0.4 is 9.08 Å². The number of carbonyl (C=O) groups excluding carboxylic acids is 2. The second-order valence-electron chi connectivity index (χ2n) is 7.02. The molecule has 2 atom stereocenters. The van der Waals surface area contributed by atoms with Gasteiger partial charge in [-0.05, 0) is 44.0 Å². The zero-order valence-corrected chi connectivity index (χ0v) is 16.1. The van der Waals surface area contributed by atoms with Crippen LogP contribution in [0.2, 0.25) is 0 Å². The van der Waals surface area contributed by atoms with E-state index in [0.29, 0.717) is 18.5 Å². The molecule has 1 fully saturated rings. The summed E-state index contributed by atoms with van der Waals surface area (Å²) in [4.78, 5) is 26.6. The van der Waals surface area contributed by atoms with Gasteiger partial charge in [0.1, 0.15) is 10.6 Å². The second-order valence-corrected chi connectivity index (χ2v) is 8.56. The number of nitrogens with zero attached hydrogens (tertiary/aromatic N) is 1. The number of imide groups is 1. The molecule has 4 rings (SSSR count). The number of allylic oxidation sites excluding steroid dienone is 2. The van der Waals surface area contributed by atoms with Gasteiger partial charge in [0.05, 0.1) is 17.5 Å². The summed E-state index contributed by atoms with van der Waals surface area (Å²) in [5, 5.41) is 0. The summed E-state index contributed by atoms with van der Waals surface area (Å²) in [7, 11) is -4.02. The van der Waals surface area contributed by atoms with Gasteiger partial charge in [0.15, 0.2) is 0 Å². The number of fused-ring (bicyclic) bond motifs is 1. The Morgan fingerprint density at radius 1 is 0.929 bits per heavy atom. The minimum Gasteiger partial charge on any atom is -0.379 e. The number of hydrogen-bond donors (Lipinski definition) is 0. The fraction of sp³-hybridized carbons (Fsp3) is 0.238. The first-order chi connectivity index (χ1) is 13.4. The zero-order chi connectivity index (χ0) is 19.9. The normalized spacial score (nSPS) is 21.7. The lowest BCUT2D eigenvalue weighted by Gasteiger charge is -2.16. The standard InChI is InChI=1S/C21H19NO5S/c1-14-9-11-17(12-10-14)28(25,26)27-16-6-4-5-15(13-16)22-20(23)18-7-2-3-8-19(18)21(22)24/h2-6,9-13,18-19H,7-8H2,1H3/t18-,19-/m0/s1. The van der Waals surface area contributed by atoms with E-state index in [1.807, 2.05) is 19.1 Å². The summed E-state index contributed by atoms with van der Waals surface area (Å²) < 4.78 is 30.2. The molecule has 2 aromatic carbocycles. The third-order valence-corrected chi connectivity index (χ3v) is 6.36. The van der Waals surface area contributed by atoms with E-state index in [1.54, 1.807) is 24.3 Å². The molecule has 1 heterocycles. The zero-order valence-electron chi connectivity index (χ0n) is 15.2. The lowest BCUT2D eigenvalue weighted by atomic mass is 9.85. The fourth-order valence-electron chi connectivity index (χ4n) is 3.61. The number of amides is 2. The van der Waals surface area contributed by atoms with Crippen LogP contribution in [0.1, 0.15) is 18.4 Å². The van der Waals surface area contributed by atoms with Gasteiger partial charge in [-0.2, -0.15) is 8.42 Å². The third kappa shape index (κ3) is 3.22. The SMILES string of the molecule is Cc1ccc(S(=O)(=O)Oc2cccc(N3C(=O)[C@H]4CC=CC[C@@H]4C3=O)c2)cc1. The Morgan fingerprint density at radius 3 is 2.14 bits per heavy atom. The average Bonchev–Trinajstić information content (AvgIpc) is 2.93. The molecule has 0 aromatic heterocycles. The van der Waals surface area contributed by atoms with Crippen LogP contribution in [0.25, 0.3) is 0 Å². The van der Waals surface area contributed by atoms with Crippen LogP contribution >= 0.6 is 0 Å². The van der Waals surface area contributed by atoms with E-state index in [0.717, 1.165) is 10.5 Å². The fourth-order valence-corrected chi connectivity index (χ4v) is 4.53. The van der Waals surface area contributed by atoms with Crippen molar-refractivity contribution < 1.29 is 22.2 Å². The maximum atomic E-state index is 12.7. The molecule has 0 N–H and O–H groups in total. The Balaban J connectivity index is 1.61. The number of benzene rings is 2. The maximum Gasteiger partial charge on any atom is 0.339 e. The number of rotatable bonds is 4. The van der Waals surface area contributed by atoms with Crippen molar-refractivity contribution in [3.63, 3.8) is 0 Å². The molecule has 1 aliphatic carbocycles. The highest BCUT2D eigenvalue weighted by molar-refractivity contribution is 7.87. The van der Waals surface area contributed by atoms with E-state index in [1.165, 1.54) is 24.3 Å². The van der Waals surface area contributed by atoms with E-state index in [2.05, 4.69) is 0 Å². The Kier molecular flexibility index (Phi) is 4.55. The third-order valence-electron chi connectivity index (χ3n) is 5.10. The van der Waals surface area contributed by atoms with Gasteiger partial charge in [-0.25, -0.2) is 4.90 Å². The minimum absolute atomic E-state index is 0.0360. The van der Waals surface area contributed by atoms with Gasteiger partial charge in [0, 0.05) is 6.07 Å². The first kappa shape index (κ1) is 18.4. The number of aryl methyl sites for hydroxylation is 1. The van der Waals surface area contributed by atoms with Crippen molar-refractivity contribution in [1.82, 2.24) is 0 Å². The van der Waals surface area contributed by atoms with Crippen LogP contribution in [-0.4, -0.2) is 20.2 Å². The summed E-state index contributed by atoms with van der Waals surface area (Å²) in [6.07, 6.45) is 4.93. The Morgan fingerprint density at radius 2 is 1.54 bits per heavy atom. The highest BCUT2D eigenvalue weighted by atomic mass is 32.2. The van der Waals surface area contributed by atoms with Crippen molar-refractivity contribution in [3.8, 4) is 5.75 Å². The van der Waals surface area contributed by atoms with E-state index < -0.39 is 10.1 Å². The number of anilines is 1. The highest BCUT2D eigenvalue weighted by Crippen LogP contribution is 2.38. The molecule has 1 saturated heterocycles. The second kappa shape index (κ2) is 6.91. The highest BCUT2D eigenvalue weighted by Gasteiger charge is 2.47. The quantitative estimate of drug-likeness (QED) is 0.450. The van der Waals surface area contributed by atoms with Crippen molar-refractivity contribution in [3.05, 3.63) is 66.2 Å². The van der Waals surface area contributed by atoms with Crippen molar-refractivity contribution >= 4 is 27.6 Å². The lowest BCUT2D eigenvalue weighted by molar-refractivity contribution is -0.122. The molecule has 7 heteroatoms. The van der Waals surface area contributed by atoms with Crippen LogP contribution in [0.5, 0.6) is 5.75 Å². The Bertz CT molecular complexity index is 1050. The molecule has 0 unspecified atom stereocenters. The molecule has 2 aliphatic rings. The average molecular weight is 397 g/mol. The lowest BCUT2D eigenvalue weighted by Crippen LogP contribution is -2.30. The summed E-state index contributed by atoms with van der Waals surface area (Å²) >= 11 is 0. The number of carbonyl (C=O) groups is 2. The van der Waals surface area contributed by atoms with Crippen molar-refractivity contribution in [2.45, 2.75) is 24.7 Å². The predicted octanol–water partition coefficient (Wildman–Crippen LogP) is 3.22. The summed E-state index contributed by atoms with van der Waals surface area (Å²) in [6, 6.07) is 12.4. The van der Waals surface area contributed by atoms with E-state index in [9.17, 15) is 18.0 Å². The van der Waals surface area contributed by atoms with E-state index in [4.69, 9.17) is 4.18 Å². The molecule has 28 heavy (non-hydrogen) atoms. The smallest absolute Gasteiger partial charge is 0.339 e. The monoisotopic (exact) mass is 397 g/mol. The summed E-state index contributed by atoms with van der Waals surface area (Å²) in [5.41, 5.74) is 1.25. The first-order valence-electron chi connectivity index (χ1n) is 9.01. The van der Waals surface area contributed by atoms with Crippen molar-refractivity contribution in [2.75, 3.05) is 4.90 Å². The van der Waals surface area contributed by atoms with Gasteiger partial charge in [-0.1, -0.05) is 35.9 Å². The molecule has 6 nitrogen and oxygen atoms in total. The minimum atomic E-state index is -4.02. The maximum absolute atomic E-state index is 12.7. The Hall–Kier alpha value is -2.93. The molecule has 0 radical (unpaired) electrons. The van der Waals surface area contributed by atoms with Crippen LogP contribution in [0, 0.1) is 18.8 Å². The van der Waals surface area contributed by atoms with Crippen LogP contribution in [0.3, 0.4) is 0 Å². The van der Waals surface area contributed by atoms with Gasteiger partial charge in [-0.3, -0.25) is 9.59 Å². The topological polar surface area (TPSA) is 80.8 Å². The first-order valence-corrected chi connectivity index (χ1v) is 10.4. The Labute approximate surface area is 163 Å². The van der Waals surface area contributed by atoms with Crippen molar-refractivity contribution in [2.24, 2.45) is 11.8 Å². The summed E-state index contributed by atoms with van der Waals surface area (Å²) in [5.74, 6) is -1.15. The molecule has 2 aromatic rings. The molecular formula is C21H19NO5S. The molecule has 0 spiro atoms. The summed E-state index contributed by atoms with van der Waals surface area (Å²) in [6.45, 7) is 1.86. The van der Waals surface area contributed by atoms with Gasteiger partial charge in [-0.15, -0.1) is 0 Å². The largest absolute Gasteiger partial charge is 0.379 e. The molecular weight excluding hydrogens is 378 g/mol. The molecule has 0 bridgehead atoms.